The van der Waals surface area contributed by atoms with Crippen LogP contribution in [0.4, 0.5) is 0 Å². The molecule has 0 aromatic heterocycles. The van der Waals surface area contributed by atoms with Crippen LogP contribution in [-0.4, -0.2) is 0 Å². The quantitative estimate of drug-likeness (QED) is 0.391. The lowest BCUT2D eigenvalue weighted by Gasteiger charge is -1.81. The third-order valence-corrected chi connectivity index (χ3v) is 0.874. The van der Waals surface area contributed by atoms with Gasteiger partial charge in [0.05, 0.1) is 0 Å². The normalized spacial score (nSPS) is 8.33. The maximum Gasteiger partial charge on any atom is -0.0398 e. The Labute approximate surface area is 98.1 Å². The Hall–Kier alpha value is -1.04. The van der Waals surface area contributed by atoms with Crippen molar-refractivity contribution in [2.45, 2.75) is 48.5 Å². The van der Waals surface area contributed by atoms with E-state index in [-0.39, 0.29) is 0 Å². The van der Waals surface area contributed by atoms with Crippen molar-refractivity contribution in [3.05, 3.63) is 49.1 Å². The van der Waals surface area contributed by atoms with Crippen LogP contribution in [0.3, 0.4) is 0 Å². The highest BCUT2D eigenvalue weighted by molar-refractivity contribution is 5.18. The molecule has 0 atom stereocenters. The van der Waals surface area contributed by atoms with E-state index in [4.69, 9.17) is 0 Å². The van der Waals surface area contributed by atoms with E-state index in [1.54, 1.807) is 6.08 Å². The minimum atomic E-state index is 1.20. The lowest BCUT2D eigenvalue weighted by atomic mass is 10.3. The maximum atomic E-state index is 3.61. The van der Waals surface area contributed by atoms with E-state index in [1.165, 1.54) is 5.57 Å². The molecule has 0 aromatic carbocycles. The molecule has 0 spiro atoms. The minimum absolute atomic E-state index is 1.20. The van der Waals surface area contributed by atoms with Gasteiger partial charge in [-0.1, -0.05) is 70.2 Å². The van der Waals surface area contributed by atoms with Crippen LogP contribution >= 0.6 is 0 Å². The summed E-state index contributed by atoms with van der Waals surface area (Å²) < 4.78 is 0. The summed E-state index contributed by atoms with van der Waals surface area (Å²) in [6.07, 6.45) is 9.59. The summed E-state index contributed by atoms with van der Waals surface area (Å²) >= 11 is 0. The molecular formula is C15H30. The summed E-state index contributed by atoms with van der Waals surface area (Å²) in [6, 6.07) is 0. The first kappa shape index (κ1) is 23.6. The Bertz CT molecular complexity index is 147. The highest BCUT2D eigenvalue weighted by Gasteiger charge is 1.70. The third-order valence-electron chi connectivity index (χ3n) is 0.874. The molecule has 0 N–H and O–H groups in total. The second-order valence-corrected chi connectivity index (χ2v) is 2.05. The third kappa shape index (κ3) is 63.3. The molecule has 0 aliphatic carbocycles. The van der Waals surface area contributed by atoms with Crippen molar-refractivity contribution in [3.63, 3.8) is 0 Å². The van der Waals surface area contributed by atoms with Crippen molar-refractivity contribution >= 4 is 0 Å². The fourth-order valence-corrected chi connectivity index (χ4v) is 0.316. The Morgan fingerprint density at radius 2 is 1.27 bits per heavy atom. The topological polar surface area (TPSA) is 0 Å². The molecule has 0 unspecified atom stereocenters. The van der Waals surface area contributed by atoms with Crippen molar-refractivity contribution in [1.82, 2.24) is 0 Å². The molecule has 0 bridgehead atoms. The second kappa shape index (κ2) is 38.3. The molecule has 0 rings (SSSR count). The van der Waals surface area contributed by atoms with E-state index < -0.39 is 0 Å². The molecule has 0 saturated carbocycles. The Morgan fingerprint density at radius 1 is 0.933 bits per heavy atom. The van der Waals surface area contributed by atoms with E-state index in [9.17, 15) is 0 Å². The Kier molecular flexibility index (Phi) is 60.3. The molecular weight excluding hydrogens is 180 g/mol. The molecule has 0 aliphatic heterocycles. The summed E-state index contributed by atoms with van der Waals surface area (Å²) in [5.41, 5.74) is 1.20. The zero-order valence-electron chi connectivity index (χ0n) is 11.8. The Morgan fingerprint density at radius 3 is 1.47 bits per heavy atom. The lowest BCUT2D eigenvalue weighted by molar-refractivity contribution is 1.50. The van der Waals surface area contributed by atoms with Crippen LogP contribution in [0, 0.1) is 0 Å². The second-order valence-electron chi connectivity index (χ2n) is 2.05. The van der Waals surface area contributed by atoms with Crippen molar-refractivity contribution < 1.29 is 0 Å². The fourth-order valence-electron chi connectivity index (χ4n) is 0.316. The summed E-state index contributed by atoms with van der Waals surface area (Å²) in [6.45, 7) is 20.9. The smallest absolute Gasteiger partial charge is 0.0398 e. The highest BCUT2D eigenvalue weighted by atomic mass is 13.8. The van der Waals surface area contributed by atoms with E-state index >= 15 is 0 Å². The van der Waals surface area contributed by atoms with Crippen LogP contribution in [0.1, 0.15) is 48.5 Å². The van der Waals surface area contributed by atoms with Crippen molar-refractivity contribution in [3.8, 4) is 0 Å². The van der Waals surface area contributed by atoms with Crippen molar-refractivity contribution in [2.75, 3.05) is 0 Å². The molecule has 0 aromatic rings. The lowest BCUT2D eigenvalue weighted by Crippen LogP contribution is -1.60. The van der Waals surface area contributed by atoms with Gasteiger partial charge in [0.15, 0.2) is 0 Å². The Balaban J connectivity index is -0.0000000726. The van der Waals surface area contributed by atoms with Gasteiger partial charge in [-0.15, -0.1) is 6.58 Å². The largest absolute Gasteiger partial charge is 0.103 e. The van der Waals surface area contributed by atoms with Crippen LogP contribution < -0.4 is 0 Å². The summed E-state index contributed by atoms with van der Waals surface area (Å²) in [5, 5.41) is 0. The van der Waals surface area contributed by atoms with Gasteiger partial charge in [0.25, 0.3) is 0 Å². The van der Waals surface area contributed by atoms with Gasteiger partial charge < -0.3 is 0 Å². The van der Waals surface area contributed by atoms with E-state index in [1.807, 2.05) is 72.8 Å². The molecule has 0 aliphatic rings. The van der Waals surface area contributed by atoms with Gasteiger partial charge in [-0.25, -0.2) is 0 Å². The zero-order valence-corrected chi connectivity index (χ0v) is 11.8. The summed E-state index contributed by atoms with van der Waals surface area (Å²) in [5.74, 6) is 0. The molecule has 0 fully saturated rings. The van der Waals surface area contributed by atoms with E-state index in [0.717, 1.165) is 0 Å². The van der Waals surface area contributed by atoms with Gasteiger partial charge in [-0.2, -0.15) is 0 Å². The summed E-state index contributed by atoms with van der Waals surface area (Å²) in [7, 11) is 0. The molecule has 0 heteroatoms. The van der Waals surface area contributed by atoms with Crippen molar-refractivity contribution in [1.29, 1.82) is 0 Å². The predicted molar refractivity (Wildman–Crippen MR) is 77.3 cm³/mol. The highest BCUT2D eigenvalue weighted by Crippen LogP contribution is 1.91. The number of hydrogen-bond acceptors (Lipinski definition) is 0. The first-order valence-corrected chi connectivity index (χ1v) is 5.72. The first-order chi connectivity index (χ1) is 7.22. The molecule has 90 valence electrons. The van der Waals surface area contributed by atoms with Gasteiger partial charge in [0, 0.05) is 0 Å². The van der Waals surface area contributed by atoms with Crippen LogP contribution in [0.25, 0.3) is 0 Å². The maximum absolute atomic E-state index is 3.61. The molecule has 0 amide bonds. The van der Waals surface area contributed by atoms with Gasteiger partial charge in [-0.05, 0) is 20.8 Å². The van der Waals surface area contributed by atoms with Gasteiger partial charge >= 0.3 is 0 Å². The predicted octanol–water partition coefficient (Wildman–Crippen LogP) is 5.94. The van der Waals surface area contributed by atoms with Crippen LogP contribution in [-0.2, 0) is 0 Å². The standard InChI is InChI=1S/C8H12.C3H6.2C2H6/c1-4-6-7-8(3)5-2;1-3-2;2*1-2/h4-7H,2H2,1,3H3;3H,1H2,2H3;2*1-2H3/b6-4-,8-7-;;;. The summed E-state index contributed by atoms with van der Waals surface area (Å²) in [4.78, 5) is 0. The fraction of sp³-hybridized carbons (Fsp3) is 0.467. The van der Waals surface area contributed by atoms with Gasteiger partial charge in [-0.3, -0.25) is 0 Å². The SMILES string of the molecule is C=C/C(C)=C\C=C/C.C=CC.CC.CC. The first-order valence-electron chi connectivity index (χ1n) is 5.72. The van der Waals surface area contributed by atoms with Crippen LogP contribution in [0.5, 0.6) is 0 Å². The average molecular weight is 210 g/mol. The van der Waals surface area contributed by atoms with Crippen LogP contribution in [0.2, 0.25) is 0 Å². The minimum Gasteiger partial charge on any atom is -0.103 e. The number of hydrogen-bond donors (Lipinski definition) is 0. The van der Waals surface area contributed by atoms with E-state index in [0.29, 0.717) is 0 Å². The monoisotopic (exact) mass is 210 g/mol. The molecule has 15 heavy (non-hydrogen) atoms. The zero-order chi connectivity index (χ0) is 13.1. The van der Waals surface area contributed by atoms with Crippen molar-refractivity contribution in [2.24, 2.45) is 0 Å². The molecule has 0 radical (unpaired) electrons. The van der Waals surface area contributed by atoms with E-state index in [2.05, 4.69) is 13.2 Å². The van der Waals surface area contributed by atoms with Gasteiger partial charge in [0.2, 0.25) is 0 Å². The average Bonchev–Trinajstić information content (AvgIpc) is 2.32. The number of rotatable bonds is 2. The molecule has 0 saturated heterocycles. The van der Waals surface area contributed by atoms with Crippen LogP contribution in [0.15, 0.2) is 49.1 Å². The molecule has 0 heterocycles. The molecule has 0 nitrogen and oxygen atoms in total. The van der Waals surface area contributed by atoms with Gasteiger partial charge in [0.1, 0.15) is 0 Å². The number of allylic oxidation sites excluding steroid dienone is 6.